The van der Waals surface area contributed by atoms with Crippen molar-refractivity contribution in [3.05, 3.63) is 45.5 Å². The Labute approximate surface area is 163 Å². The highest BCUT2D eigenvalue weighted by atomic mass is 32.1. The first-order valence-electron chi connectivity index (χ1n) is 9.54. The predicted molar refractivity (Wildman–Crippen MR) is 105 cm³/mol. The minimum Gasteiger partial charge on any atom is -0.466 e. The summed E-state index contributed by atoms with van der Waals surface area (Å²) in [5.41, 5.74) is 2.08. The SMILES string of the molecule is CC(=O)N(Cc1ccsc1)C1CC12CCN(C(=O)c1cc(C)oc1C)CC2. The molecule has 2 aromatic heterocycles. The van der Waals surface area contributed by atoms with Gasteiger partial charge in [0, 0.05) is 32.6 Å². The number of rotatable bonds is 4. The van der Waals surface area contributed by atoms with Gasteiger partial charge in [0.25, 0.3) is 5.91 Å². The highest BCUT2D eigenvalue weighted by Crippen LogP contribution is 2.57. The summed E-state index contributed by atoms with van der Waals surface area (Å²) < 4.78 is 5.51. The standard InChI is InChI=1S/C21H26N2O3S/c1-14-10-18(15(2)26-14)20(25)22-7-5-21(6-8-22)11-19(21)23(16(3)24)12-17-4-9-27-13-17/h4,9-10,13,19H,5-8,11-12H2,1-3H3. The first kappa shape index (κ1) is 18.3. The van der Waals surface area contributed by atoms with E-state index in [2.05, 4.69) is 16.8 Å². The summed E-state index contributed by atoms with van der Waals surface area (Å²) in [6.07, 6.45) is 2.99. The number of carbonyl (C=O) groups is 2. The Kier molecular flexibility index (Phi) is 4.62. The zero-order chi connectivity index (χ0) is 19.2. The maximum atomic E-state index is 12.8. The summed E-state index contributed by atoms with van der Waals surface area (Å²) in [6, 6.07) is 4.23. The number of likely N-dealkylation sites (tertiary alicyclic amines) is 1. The van der Waals surface area contributed by atoms with E-state index in [1.165, 1.54) is 5.56 Å². The molecule has 5 nitrogen and oxygen atoms in total. The third kappa shape index (κ3) is 3.43. The molecule has 0 radical (unpaired) electrons. The van der Waals surface area contributed by atoms with Gasteiger partial charge in [0.15, 0.2) is 0 Å². The van der Waals surface area contributed by atoms with Crippen molar-refractivity contribution < 1.29 is 14.0 Å². The molecule has 144 valence electrons. The molecule has 1 aliphatic carbocycles. The van der Waals surface area contributed by atoms with E-state index in [0.29, 0.717) is 23.9 Å². The Bertz CT molecular complexity index is 847. The third-order valence-electron chi connectivity index (χ3n) is 6.18. The molecule has 2 aromatic rings. The normalized spacial score (nSPS) is 20.7. The van der Waals surface area contributed by atoms with Crippen molar-refractivity contribution in [2.75, 3.05) is 13.1 Å². The first-order valence-corrected chi connectivity index (χ1v) is 10.5. The molecule has 0 bridgehead atoms. The second-order valence-corrected chi connectivity index (χ2v) is 8.76. The summed E-state index contributed by atoms with van der Waals surface area (Å²) in [7, 11) is 0. The number of nitrogens with zero attached hydrogens (tertiary/aromatic N) is 2. The fourth-order valence-electron chi connectivity index (χ4n) is 4.49. The number of amides is 2. The lowest BCUT2D eigenvalue weighted by Crippen LogP contribution is -2.42. The Morgan fingerprint density at radius 2 is 2.07 bits per heavy atom. The number of thiophene rings is 1. The molecule has 1 unspecified atom stereocenters. The number of piperidine rings is 1. The molecule has 1 saturated carbocycles. The molecule has 1 saturated heterocycles. The summed E-state index contributed by atoms with van der Waals surface area (Å²) >= 11 is 1.67. The van der Waals surface area contributed by atoms with Crippen molar-refractivity contribution in [2.24, 2.45) is 5.41 Å². The summed E-state index contributed by atoms with van der Waals surface area (Å²) in [4.78, 5) is 29.0. The Morgan fingerprint density at radius 3 is 2.63 bits per heavy atom. The van der Waals surface area contributed by atoms with E-state index >= 15 is 0 Å². The number of carbonyl (C=O) groups excluding carboxylic acids is 2. The molecule has 0 aromatic carbocycles. The van der Waals surface area contributed by atoms with E-state index in [9.17, 15) is 9.59 Å². The molecule has 4 rings (SSSR count). The van der Waals surface area contributed by atoms with Gasteiger partial charge in [-0.15, -0.1) is 0 Å². The van der Waals surface area contributed by atoms with Crippen molar-refractivity contribution in [3.8, 4) is 0 Å². The van der Waals surface area contributed by atoms with E-state index in [1.54, 1.807) is 18.3 Å². The third-order valence-corrected chi connectivity index (χ3v) is 6.91. The predicted octanol–water partition coefficient (Wildman–Crippen LogP) is 4.00. The molecule has 27 heavy (non-hydrogen) atoms. The van der Waals surface area contributed by atoms with Crippen LogP contribution in [-0.4, -0.2) is 40.7 Å². The van der Waals surface area contributed by atoms with Gasteiger partial charge in [-0.3, -0.25) is 9.59 Å². The molecular formula is C21H26N2O3S. The van der Waals surface area contributed by atoms with Gasteiger partial charge in [0.2, 0.25) is 5.91 Å². The van der Waals surface area contributed by atoms with Gasteiger partial charge in [-0.05, 0) is 67.0 Å². The van der Waals surface area contributed by atoms with Crippen molar-refractivity contribution in [3.63, 3.8) is 0 Å². The topological polar surface area (TPSA) is 53.8 Å². The molecule has 6 heteroatoms. The van der Waals surface area contributed by atoms with Crippen molar-refractivity contribution in [1.82, 2.24) is 9.80 Å². The lowest BCUT2D eigenvalue weighted by molar-refractivity contribution is -0.130. The minimum absolute atomic E-state index is 0.0677. The second kappa shape index (κ2) is 6.82. The molecule has 2 fully saturated rings. The highest BCUT2D eigenvalue weighted by molar-refractivity contribution is 7.07. The monoisotopic (exact) mass is 386 g/mol. The zero-order valence-electron chi connectivity index (χ0n) is 16.2. The molecular weight excluding hydrogens is 360 g/mol. The minimum atomic E-state index is 0.0677. The molecule has 1 aliphatic heterocycles. The fourth-order valence-corrected chi connectivity index (χ4v) is 5.15. The van der Waals surface area contributed by atoms with Gasteiger partial charge < -0.3 is 14.2 Å². The van der Waals surface area contributed by atoms with E-state index in [1.807, 2.05) is 29.7 Å². The van der Waals surface area contributed by atoms with Crippen LogP contribution >= 0.6 is 11.3 Å². The van der Waals surface area contributed by atoms with Crippen LogP contribution in [-0.2, 0) is 11.3 Å². The smallest absolute Gasteiger partial charge is 0.257 e. The van der Waals surface area contributed by atoms with Crippen LogP contribution in [0.25, 0.3) is 0 Å². The average molecular weight is 387 g/mol. The zero-order valence-corrected chi connectivity index (χ0v) is 17.0. The largest absolute Gasteiger partial charge is 0.466 e. The Morgan fingerprint density at radius 1 is 1.33 bits per heavy atom. The number of hydrogen-bond acceptors (Lipinski definition) is 4. The van der Waals surface area contributed by atoms with Crippen LogP contribution in [0.1, 0.15) is 53.6 Å². The summed E-state index contributed by atoms with van der Waals surface area (Å²) in [6.45, 7) is 7.58. The van der Waals surface area contributed by atoms with Crippen LogP contribution in [0.3, 0.4) is 0 Å². The molecule has 1 spiro atoms. The molecule has 2 aliphatic rings. The highest BCUT2D eigenvalue weighted by Gasteiger charge is 2.58. The molecule has 0 N–H and O–H groups in total. The lowest BCUT2D eigenvalue weighted by Gasteiger charge is -2.34. The number of aryl methyl sites for hydroxylation is 2. The van der Waals surface area contributed by atoms with E-state index in [0.717, 1.165) is 38.1 Å². The van der Waals surface area contributed by atoms with Crippen LogP contribution < -0.4 is 0 Å². The van der Waals surface area contributed by atoms with Gasteiger partial charge in [0.05, 0.1) is 5.56 Å². The maximum Gasteiger partial charge on any atom is 0.257 e. The first-order chi connectivity index (χ1) is 12.9. The fraction of sp³-hybridized carbons (Fsp3) is 0.524. The Balaban J connectivity index is 1.39. The lowest BCUT2D eigenvalue weighted by atomic mass is 9.91. The summed E-state index contributed by atoms with van der Waals surface area (Å²) in [5, 5.41) is 4.17. The van der Waals surface area contributed by atoms with Gasteiger partial charge in [-0.25, -0.2) is 0 Å². The molecule has 3 heterocycles. The van der Waals surface area contributed by atoms with Crippen molar-refractivity contribution in [1.29, 1.82) is 0 Å². The summed E-state index contributed by atoms with van der Waals surface area (Å²) in [5.74, 6) is 1.68. The van der Waals surface area contributed by atoms with Crippen LogP contribution in [0.4, 0.5) is 0 Å². The van der Waals surface area contributed by atoms with Crippen molar-refractivity contribution in [2.45, 2.75) is 52.6 Å². The number of hydrogen-bond donors (Lipinski definition) is 0. The van der Waals surface area contributed by atoms with E-state index < -0.39 is 0 Å². The maximum absolute atomic E-state index is 12.8. The molecule has 2 amide bonds. The van der Waals surface area contributed by atoms with Gasteiger partial charge in [0.1, 0.15) is 11.5 Å². The van der Waals surface area contributed by atoms with Gasteiger partial charge >= 0.3 is 0 Å². The second-order valence-electron chi connectivity index (χ2n) is 7.98. The van der Waals surface area contributed by atoms with Crippen LogP contribution in [0.5, 0.6) is 0 Å². The Hall–Kier alpha value is -2.08. The van der Waals surface area contributed by atoms with Crippen molar-refractivity contribution >= 4 is 23.2 Å². The molecule has 1 atom stereocenters. The van der Waals surface area contributed by atoms with Crippen LogP contribution in [0.15, 0.2) is 27.3 Å². The van der Waals surface area contributed by atoms with Gasteiger partial charge in [-0.2, -0.15) is 11.3 Å². The average Bonchev–Trinajstić information content (AvgIpc) is 2.98. The van der Waals surface area contributed by atoms with E-state index in [4.69, 9.17) is 4.42 Å². The van der Waals surface area contributed by atoms with E-state index in [-0.39, 0.29) is 17.2 Å². The number of furan rings is 1. The van der Waals surface area contributed by atoms with Gasteiger partial charge in [-0.1, -0.05) is 0 Å². The van der Waals surface area contributed by atoms with Crippen LogP contribution in [0, 0.1) is 19.3 Å². The quantitative estimate of drug-likeness (QED) is 0.798. The van der Waals surface area contributed by atoms with Crippen LogP contribution in [0.2, 0.25) is 0 Å².